The van der Waals surface area contributed by atoms with Crippen LogP contribution in [0.4, 0.5) is 0 Å². The molecule has 2 heterocycles. The van der Waals surface area contributed by atoms with Crippen molar-refractivity contribution in [2.45, 2.75) is 0 Å². The number of aromatic nitrogens is 2. The van der Waals surface area contributed by atoms with E-state index in [0.717, 1.165) is 22.5 Å². The second kappa shape index (κ2) is 6.11. The Balaban J connectivity index is 1.83. The number of nitrogens with zero attached hydrogens (tertiary/aromatic N) is 2. The van der Waals surface area contributed by atoms with Gasteiger partial charge in [0.1, 0.15) is 0 Å². The fourth-order valence-electron chi connectivity index (χ4n) is 2.68. The molecule has 5 heteroatoms. The molecule has 0 bridgehead atoms. The summed E-state index contributed by atoms with van der Waals surface area (Å²) in [5.41, 5.74) is 4.74. The zero-order chi connectivity index (χ0) is 16.5. The summed E-state index contributed by atoms with van der Waals surface area (Å²) >= 11 is 0.277. The van der Waals surface area contributed by atoms with Gasteiger partial charge in [0, 0.05) is 0 Å². The van der Waals surface area contributed by atoms with Crippen LogP contribution in [0.15, 0.2) is 65.6 Å². The van der Waals surface area contributed by atoms with Crippen LogP contribution in [0.3, 0.4) is 0 Å². The quantitative estimate of drug-likeness (QED) is 0.403. The maximum atomic E-state index is 11.6. The number of para-hydroxylation sites is 1. The molecule has 0 aliphatic rings. The molecule has 2 aromatic carbocycles. The van der Waals surface area contributed by atoms with Gasteiger partial charge in [-0.2, -0.15) is 0 Å². The average molecular weight is 381 g/mol. The Hall–Kier alpha value is -2.62. The molecular weight excluding hydrogens is 367 g/mol. The van der Waals surface area contributed by atoms with Gasteiger partial charge in [-0.25, -0.2) is 0 Å². The number of carbonyl (C=O) groups excluding carboxylic acids is 1. The van der Waals surface area contributed by atoms with Crippen molar-refractivity contribution in [2.75, 3.05) is 7.11 Å². The molecule has 0 radical (unpaired) electrons. The van der Waals surface area contributed by atoms with E-state index < -0.39 is 0 Å². The van der Waals surface area contributed by atoms with Crippen LogP contribution in [0.25, 0.3) is 26.7 Å². The molecule has 118 valence electrons. The standard InChI is InChI=1S/C19H14N2O2Se/c1-23-19(22)14-9-7-13(8-10-14)17-18-16(11-12-24-18)21(20-17)15-5-3-2-4-6-15/h2-12H,1H3. The van der Waals surface area contributed by atoms with Crippen LogP contribution in [0.5, 0.6) is 0 Å². The van der Waals surface area contributed by atoms with Crippen molar-refractivity contribution in [1.29, 1.82) is 0 Å². The van der Waals surface area contributed by atoms with Gasteiger partial charge in [0.05, 0.1) is 0 Å². The molecule has 4 rings (SSSR count). The van der Waals surface area contributed by atoms with Crippen LogP contribution in [-0.4, -0.2) is 37.4 Å². The molecule has 0 atom stereocenters. The van der Waals surface area contributed by atoms with Crippen LogP contribution in [0.1, 0.15) is 10.4 Å². The minimum atomic E-state index is -0.326. The van der Waals surface area contributed by atoms with Crippen LogP contribution < -0.4 is 0 Å². The van der Waals surface area contributed by atoms with Crippen LogP contribution in [-0.2, 0) is 4.74 Å². The first-order valence-electron chi connectivity index (χ1n) is 7.48. The first-order chi connectivity index (χ1) is 11.8. The second-order valence-electron chi connectivity index (χ2n) is 5.30. The number of benzene rings is 2. The van der Waals surface area contributed by atoms with E-state index >= 15 is 0 Å². The Morgan fingerprint density at radius 1 is 1.04 bits per heavy atom. The van der Waals surface area contributed by atoms with E-state index in [4.69, 9.17) is 9.84 Å². The van der Waals surface area contributed by atoms with E-state index in [1.165, 1.54) is 11.4 Å². The number of rotatable bonds is 3. The summed E-state index contributed by atoms with van der Waals surface area (Å²) in [6.45, 7) is 0. The Labute approximate surface area is 145 Å². The molecular formula is C19H14N2O2Se. The topological polar surface area (TPSA) is 44.1 Å². The maximum absolute atomic E-state index is 11.6. The third kappa shape index (κ3) is 2.48. The summed E-state index contributed by atoms with van der Waals surface area (Å²) in [5.74, 6) is -0.326. The molecule has 2 aromatic heterocycles. The summed E-state index contributed by atoms with van der Waals surface area (Å²) < 4.78 is 8.02. The van der Waals surface area contributed by atoms with E-state index in [2.05, 4.69) is 23.1 Å². The number of methoxy groups -OCH3 is 1. The van der Waals surface area contributed by atoms with Crippen molar-refractivity contribution in [2.24, 2.45) is 0 Å². The molecule has 0 saturated heterocycles. The van der Waals surface area contributed by atoms with Gasteiger partial charge in [-0.15, -0.1) is 0 Å². The fourth-order valence-corrected chi connectivity index (χ4v) is 4.53. The summed E-state index contributed by atoms with van der Waals surface area (Å²) in [4.78, 5) is 13.8. The molecule has 0 aliphatic carbocycles. The SMILES string of the molecule is COC(=O)c1ccc(-c2nn(-c3ccccc3)c3cc[se]c23)cc1. The Morgan fingerprint density at radius 2 is 1.79 bits per heavy atom. The molecule has 0 N–H and O–H groups in total. The molecule has 24 heavy (non-hydrogen) atoms. The van der Waals surface area contributed by atoms with Crippen LogP contribution >= 0.6 is 0 Å². The molecule has 0 aliphatic heterocycles. The van der Waals surface area contributed by atoms with Crippen molar-refractivity contribution in [3.05, 3.63) is 71.2 Å². The van der Waals surface area contributed by atoms with Gasteiger partial charge in [-0.1, -0.05) is 0 Å². The van der Waals surface area contributed by atoms with Crippen LogP contribution in [0, 0.1) is 0 Å². The van der Waals surface area contributed by atoms with Crippen molar-refractivity contribution in [1.82, 2.24) is 9.78 Å². The van der Waals surface area contributed by atoms with Crippen molar-refractivity contribution in [3.8, 4) is 16.9 Å². The zero-order valence-corrected chi connectivity index (χ0v) is 14.7. The number of hydrogen-bond acceptors (Lipinski definition) is 3. The molecule has 0 saturated carbocycles. The van der Waals surface area contributed by atoms with Gasteiger partial charge < -0.3 is 0 Å². The molecule has 0 unspecified atom stereocenters. The Kier molecular flexibility index (Phi) is 3.81. The van der Waals surface area contributed by atoms with Gasteiger partial charge in [0.2, 0.25) is 0 Å². The third-order valence-corrected chi connectivity index (χ3v) is 5.78. The summed E-state index contributed by atoms with van der Waals surface area (Å²) in [6.07, 6.45) is 0. The summed E-state index contributed by atoms with van der Waals surface area (Å²) in [6, 6.07) is 19.7. The number of carbonyl (C=O) groups is 1. The van der Waals surface area contributed by atoms with Gasteiger partial charge in [0.15, 0.2) is 0 Å². The molecule has 4 aromatic rings. The van der Waals surface area contributed by atoms with Gasteiger partial charge in [-0.3, -0.25) is 0 Å². The van der Waals surface area contributed by atoms with Gasteiger partial charge >= 0.3 is 145 Å². The Morgan fingerprint density at radius 3 is 2.50 bits per heavy atom. The van der Waals surface area contributed by atoms with Gasteiger partial charge in [0.25, 0.3) is 0 Å². The molecule has 0 spiro atoms. The minimum absolute atomic E-state index is 0.277. The zero-order valence-electron chi connectivity index (χ0n) is 13.0. The summed E-state index contributed by atoms with van der Waals surface area (Å²) in [7, 11) is 1.39. The fraction of sp³-hybridized carbons (Fsp3) is 0.0526. The predicted molar refractivity (Wildman–Crippen MR) is 94.8 cm³/mol. The first-order valence-corrected chi connectivity index (χ1v) is 9.33. The molecule has 4 nitrogen and oxygen atoms in total. The number of fused-ring (bicyclic) bond motifs is 1. The van der Waals surface area contributed by atoms with E-state index in [1.807, 2.05) is 35.0 Å². The number of esters is 1. The molecule has 0 fully saturated rings. The normalized spacial score (nSPS) is 10.9. The number of ether oxygens (including phenoxy) is 1. The Bertz CT molecular complexity index is 1000. The van der Waals surface area contributed by atoms with E-state index in [-0.39, 0.29) is 20.5 Å². The van der Waals surface area contributed by atoms with E-state index in [0.29, 0.717) is 5.56 Å². The van der Waals surface area contributed by atoms with Crippen LogP contribution in [0.2, 0.25) is 0 Å². The number of hydrogen-bond donors (Lipinski definition) is 0. The average Bonchev–Trinajstić information content (AvgIpc) is 3.24. The van der Waals surface area contributed by atoms with Crippen molar-refractivity contribution in [3.63, 3.8) is 0 Å². The summed E-state index contributed by atoms with van der Waals surface area (Å²) in [5, 5.41) is 4.83. The van der Waals surface area contributed by atoms with Crippen molar-refractivity contribution < 1.29 is 9.53 Å². The van der Waals surface area contributed by atoms with E-state index in [9.17, 15) is 4.79 Å². The second-order valence-corrected chi connectivity index (χ2v) is 7.22. The first kappa shape index (κ1) is 14.9. The molecule has 0 amide bonds. The predicted octanol–water partition coefficient (Wildman–Crippen LogP) is 3.54. The van der Waals surface area contributed by atoms with E-state index in [1.54, 1.807) is 12.1 Å². The van der Waals surface area contributed by atoms with Crippen molar-refractivity contribution >= 4 is 30.2 Å². The monoisotopic (exact) mass is 382 g/mol. The third-order valence-electron chi connectivity index (χ3n) is 3.87. The van der Waals surface area contributed by atoms with Gasteiger partial charge in [-0.05, 0) is 0 Å².